The van der Waals surface area contributed by atoms with Gasteiger partial charge in [0.25, 0.3) is 5.56 Å². The molecule has 0 spiro atoms. The highest BCUT2D eigenvalue weighted by Gasteiger charge is 2.20. The highest BCUT2D eigenvalue weighted by molar-refractivity contribution is 7.99. The number of carbonyl (C=O) groups is 1. The van der Waals surface area contributed by atoms with Crippen LogP contribution in [0.1, 0.15) is 35.9 Å². The number of hydrogen-bond acceptors (Lipinski definition) is 5. The molecule has 1 unspecified atom stereocenters. The zero-order valence-electron chi connectivity index (χ0n) is 16.9. The van der Waals surface area contributed by atoms with Crippen LogP contribution in [0.2, 0.25) is 0 Å². The van der Waals surface area contributed by atoms with E-state index in [1.807, 2.05) is 65.1 Å². The van der Waals surface area contributed by atoms with Gasteiger partial charge in [-0.3, -0.25) is 14.2 Å². The second-order valence-electron chi connectivity index (χ2n) is 6.79. The fourth-order valence-corrected chi connectivity index (χ4v) is 5.15. The maximum Gasteiger partial charge on any atom is 0.263 e. The summed E-state index contributed by atoms with van der Waals surface area (Å²) in [5.74, 6) is 0.256. The highest BCUT2D eigenvalue weighted by Crippen LogP contribution is 2.28. The van der Waals surface area contributed by atoms with E-state index in [1.165, 1.54) is 23.1 Å². The van der Waals surface area contributed by atoms with Gasteiger partial charge >= 0.3 is 0 Å². The van der Waals surface area contributed by atoms with E-state index in [2.05, 4.69) is 0 Å². The van der Waals surface area contributed by atoms with Gasteiger partial charge in [0.15, 0.2) is 5.16 Å². The summed E-state index contributed by atoms with van der Waals surface area (Å²) in [5, 5.41) is 1.31. The van der Waals surface area contributed by atoms with Gasteiger partial charge in [-0.25, -0.2) is 4.98 Å². The maximum absolute atomic E-state index is 12.9. The van der Waals surface area contributed by atoms with Crippen LogP contribution in [-0.4, -0.2) is 33.2 Å². The molecule has 5 nitrogen and oxygen atoms in total. The molecular weight excluding hydrogens is 390 g/mol. The molecule has 0 fully saturated rings. The van der Waals surface area contributed by atoms with Crippen molar-refractivity contribution < 1.29 is 4.79 Å². The molecule has 0 aliphatic carbocycles. The predicted molar refractivity (Wildman–Crippen MR) is 117 cm³/mol. The van der Waals surface area contributed by atoms with Crippen LogP contribution in [-0.2, 0) is 11.3 Å². The lowest BCUT2D eigenvalue weighted by Gasteiger charge is -2.25. The molecule has 148 valence electrons. The Morgan fingerprint density at radius 3 is 2.61 bits per heavy atom. The van der Waals surface area contributed by atoms with E-state index in [0.29, 0.717) is 17.1 Å². The minimum atomic E-state index is -0.0182. The third-order valence-electron chi connectivity index (χ3n) is 5.15. The van der Waals surface area contributed by atoms with E-state index in [0.717, 1.165) is 20.8 Å². The number of amides is 1. The number of nitrogens with zero attached hydrogens (tertiary/aromatic N) is 3. The molecular formula is C21H25N3O2S2. The van der Waals surface area contributed by atoms with Gasteiger partial charge < -0.3 is 4.90 Å². The Bertz CT molecular complexity index is 1060. The van der Waals surface area contributed by atoms with Crippen LogP contribution in [0, 0.1) is 13.8 Å². The minimum absolute atomic E-state index is 0.0110. The molecule has 2 aromatic heterocycles. The second kappa shape index (κ2) is 8.49. The molecule has 1 aromatic carbocycles. The monoisotopic (exact) mass is 415 g/mol. The van der Waals surface area contributed by atoms with Gasteiger partial charge in [0.2, 0.25) is 5.91 Å². The molecule has 0 saturated carbocycles. The lowest BCUT2D eigenvalue weighted by Crippen LogP contribution is -2.31. The quantitative estimate of drug-likeness (QED) is 0.442. The summed E-state index contributed by atoms with van der Waals surface area (Å²) in [6.45, 7) is 8.45. The lowest BCUT2D eigenvalue weighted by molar-refractivity contribution is -0.128. The van der Waals surface area contributed by atoms with Gasteiger partial charge in [-0.15, -0.1) is 11.3 Å². The molecule has 3 aromatic rings. The third-order valence-corrected chi connectivity index (χ3v) is 7.21. The molecule has 0 aliphatic rings. The topological polar surface area (TPSA) is 55.2 Å². The number of aromatic nitrogens is 2. The van der Waals surface area contributed by atoms with Gasteiger partial charge in [-0.2, -0.15) is 0 Å². The summed E-state index contributed by atoms with van der Waals surface area (Å²) in [5.41, 5.74) is 2.08. The van der Waals surface area contributed by atoms with Gasteiger partial charge in [0.05, 0.1) is 17.2 Å². The first-order chi connectivity index (χ1) is 13.3. The Morgan fingerprint density at radius 1 is 1.29 bits per heavy atom. The van der Waals surface area contributed by atoms with Crippen molar-refractivity contribution in [2.75, 3.05) is 12.8 Å². The fourth-order valence-electron chi connectivity index (χ4n) is 3.10. The van der Waals surface area contributed by atoms with Crippen molar-refractivity contribution in [1.82, 2.24) is 14.5 Å². The fraction of sp³-hybridized carbons (Fsp3) is 0.381. The SMILES string of the molecule is CCn1c(SCC(=O)N(C)C(C)c2ccccc2)nc2sc(C)c(C)c2c1=O. The van der Waals surface area contributed by atoms with E-state index in [-0.39, 0.29) is 23.3 Å². The van der Waals surface area contributed by atoms with E-state index < -0.39 is 0 Å². The number of thiophene rings is 1. The third kappa shape index (κ3) is 3.86. The van der Waals surface area contributed by atoms with Crippen LogP contribution in [0.5, 0.6) is 0 Å². The molecule has 28 heavy (non-hydrogen) atoms. The Labute approximate surface area is 173 Å². The van der Waals surface area contributed by atoms with Crippen LogP contribution >= 0.6 is 23.1 Å². The summed E-state index contributed by atoms with van der Waals surface area (Å²) < 4.78 is 1.67. The van der Waals surface area contributed by atoms with Crippen LogP contribution in [0.15, 0.2) is 40.3 Å². The Hall–Kier alpha value is -2.12. The number of aryl methyl sites for hydroxylation is 2. The number of benzene rings is 1. The highest BCUT2D eigenvalue weighted by atomic mass is 32.2. The van der Waals surface area contributed by atoms with Crippen LogP contribution < -0.4 is 5.56 Å². The maximum atomic E-state index is 12.9. The van der Waals surface area contributed by atoms with Crippen molar-refractivity contribution in [3.05, 3.63) is 56.7 Å². The smallest absolute Gasteiger partial charge is 0.263 e. The van der Waals surface area contributed by atoms with Crippen LogP contribution in [0.4, 0.5) is 0 Å². The first-order valence-electron chi connectivity index (χ1n) is 9.29. The van der Waals surface area contributed by atoms with Crippen molar-refractivity contribution in [3.63, 3.8) is 0 Å². The first kappa shape index (κ1) is 20.6. The number of hydrogen-bond donors (Lipinski definition) is 0. The Kier molecular flexibility index (Phi) is 6.25. The number of rotatable bonds is 6. The minimum Gasteiger partial charge on any atom is -0.338 e. The van der Waals surface area contributed by atoms with Crippen molar-refractivity contribution in [2.24, 2.45) is 0 Å². The zero-order chi connectivity index (χ0) is 20.4. The molecule has 0 radical (unpaired) electrons. The van der Waals surface area contributed by atoms with Crippen molar-refractivity contribution >= 4 is 39.2 Å². The summed E-state index contributed by atoms with van der Waals surface area (Å²) in [6, 6.07) is 9.95. The molecule has 1 amide bonds. The Morgan fingerprint density at radius 2 is 1.96 bits per heavy atom. The second-order valence-corrected chi connectivity index (χ2v) is 8.93. The van der Waals surface area contributed by atoms with E-state index in [4.69, 9.17) is 4.98 Å². The summed E-state index contributed by atoms with van der Waals surface area (Å²) in [4.78, 5) is 33.9. The Balaban J connectivity index is 1.81. The summed E-state index contributed by atoms with van der Waals surface area (Å²) >= 11 is 2.87. The van der Waals surface area contributed by atoms with E-state index >= 15 is 0 Å². The molecule has 0 N–H and O–H groups in total. The average molecular weight is 416 g/mol. The predicted octanol–water partition coefficient (Wildman–Crippen LogP) is 4.41. The molecule has 0 aliphatic heterocycles. The van der Waals surface area contributed by atoms with Crippen molar-refractivity contribution in [1.29, 1.82) is 0 Å². The van der Waals surface area contributed by atoms with Crippen LogP contribution in [0.25, 0.3) is 10.2 Å². The van der Waals surface area contributed by atoms with Crippen molar-refractivity contribution in [3.8, 4) is 0 Å². The molecule has 0 saturated heterocycles. The van der Waals surface area contributed by atoms with Gasteiger partial charge in [-0.1, -0.05) is 42.1 Å². The number of carbonyl (C=O) groups excluding carboxylic acids is 1. The summed E-state index contributed by atoms with van der Waals surface area (Å²) in [7, 11) is 1.82. The molecule has 3 rings (SSSR count). The van der Waals surface area contributed by atoms with Crippen LogP contribution in [0.3, 0.4) is 0 Å². The van der Waals surface area contributed by atoms with Gasteiger partial charge in [-0.05, 0) is 38.8 Å². The normalized spacial score (nSPS) is 12.3. The van der Waals surface area contributed by atoms with E-state index in [1.54, 1.807) is 9.47 Å². The number of thioether (sulfide) groups is 1. The lowest BCUT2D eigenvalue weighted by atomic mass is 10.1. The first-order valence-corrected chi connectivity index (χ1v) is 11.1. The van der Waals surface area contributed by atoms with Gasteiger partial charge in [0.1, 0.15) is 4.83 Å². The average Bonchev–Trinajstić information content (AvgIpc) is 2.99. The molecule has 2 heterocycles. The van der Waals surface area contributed by atoms with Gasteiger partial charge in [0, 0.05) is 18.5 Å². The largest absolute Gasteiger partial charge is 0.338 e. The van der Waals surface area contributed by atoms with E-state index in [9.17, 15) is 9.59 Å². The standard InChI is InChI=1S/C21H25N3O2S2/c1-6-24-20(26)18-13(2)15(4)28-19(18)22-21(24)27-12-17(25)23(5)14(3)16-10-8-7-9-11-16/h7-11,14H,6,12H2,1-5H3. The summed E-state index contributed by atoms with van der Waals surface area (Å²) in [6.07, 6.45) is 0. The number of fused-ring (bicyclic) bond motifs is 1. The zero-order valence-corrected chi connectivity index (χ0v) is 18.5. The molecule has 1 atom stereocenters. The molecule has 7 heteroatoms. The van der Waals surface area contributed by atoms with Crippen molar-refractivity contribution in [2.45, 2.75) is 45.4 Å². The molecule has 0 bridgehead atoms.